The predicted octanol–water partition coefficient (Wildman–Crippen LogP) is 4.18. The molecule has 3 heterocycles. The number of thiocarbonyl (C=S) groups is 1. The number of alkyl halides is 2. The van der Waals surface area contributed by atoms with Crippen LogP contribution in [0, 0.1) is 17.6 Å². The highest BCUT2D eigenvalue weighted by Crippen LogP contribution is 2.44. The molecular weight excluding hydrogens is 451 g/mol. The molecule has 1 saturated carbocycles. The lowest BCUT2D eigenvalue weighted by Crippen LogP contribution is -2.30. The number of aromatic nitrogens is 3. The molecule has 5 rings (SSSR count). The summed E-state index contributed by atoms with van der Waals surface area (Å²) in [5, 5.41) is 9.64. The maximum atomic E-state index is 14.4. The van der Waals surface area contributed by atoms with Crippen molar-refractivity contribution in [3.05, 3.63) is 53.6 Å². The highest BCUT2D eigenvalue weighted by atomic mass is 32.1. The van der Waals surface area contributed by atoms with E-state index in [4.69, 9.17) is 12.2 Å². The number of anilines is 2. The molecule has 2 aliphatic rings. The van der Waals surface area contributed by atoms with E-state index in [1.165, 1.54) is 17.2 Å². The first-order valence-electron chi connectivity index (χ1n) is 9.92. The minimum Gasteiger partial charge on any atom is -0.360 e. The van der Waals surface area contributed by atoms with E-state index < -0.39 is 42.5 Å². The van der Waals surface area contributed by atoms with Gasteiger partial charge in [0.1, 0.15) is 23.1 Å². The van der Waals surface area contributed by atoms with Crippen LogP contribution in [0.3, 0.4) is 0 Å². The van der Waals surface area contributed by atoms with Crippen LogP contribution in [0.4, 0.5) is 33.5 Å². The minimum absolute atomic E-state index is 0.0219. The van der Waals surface area contributed by atoms with E-state index in [-0.39, 0.29) is 33.9 Å². The summed E-state index contributed by atoms with van der Waals surface area (Å²) in [5.74, 6) is -5.50. The Kier molecular flexibility index (Phi) is 4.91. The van der Waals surface area contributed by atoms with Gasteiger partial charge in [0.25, 0.3) is 11.9 Å². The van der Waals surface area contributed by atoms with Gasteiger partial charge in [-0.1, -0.05) is 0 Å². The van der Waals surface area contributed by atoms with E-state index in [2.05, 4.69) is 20.7 Å². The molecule has 0 bridgehead atoms. The van der Waals surface area contributed by atoms with Crippen molar-refractivity contribution in [2.24, 2.45) is 0 Å². The van der Waals surface area contributed by atoms with Gasteiger partial charge in [-0.15, -0.1) is 5.10 Å². The number of nitrogens with zero attached hydrogens (tertiary/aromatic N) is 4. The van der Waals surface area contributed by atoms with Crippen LogP contribution in [0.5, 0.6) is 0 Å². The Morgan fingerprint density at radius 3 is 2.69 bits per heavy atom. The highest BCUT2D eigenvalue weighted by molar-refractivity contribution is 7.80. The van der Waals surface area contributed by atoms with Crippen LogP contribution in [0.15, 0.2) is 30.5 Å². The molecule has 2 aromatic heterocycles. The van der Waals surface area contributed by atoms with E-state index in [0.29, 0.717) is 0 Å². The quantitative estimate of drug-likeness (QED) is 0.443. The van der Waals surface area contributed by atoms with Crippen molar-refractivity contribution in [3.8, 4) is 0 Å². The van der Waals surface area contributed by atoms with E-state index >= 15 is 0 Å². The average molecular weight is 468 g/mol. The summed E-state index contributed by atoms with van der Waals surface area (Å²) in [4.78, 5) is 5.49. The maximum absolute atomic E-state index is 14.4. The standard InChI is InChI=1S/C20H17F5N6S/c21-10-1-4-13(22)12(7-10)14-8-20(24,25)9-30(14)15-5-6-31-18(27-15)16(17(23)29-31)28-19(32)26-11-2-3-11/h1,4-7,11,14H,2-3,8-9H2,(H2,26,28,32). The SMILES string of the molecule is Fc1ccc(F)c(C2CC(F)(F)CN2c2ccn3nc(F)c(NC(=S)NC4CC4)c3n2)c1. The second kappa shape index (κ2) is 7.54. The Morgan fingerprint density at radius 2 is 1.94 bits per heavy atom. The van der Waals surface area contributed by atoms with Crippen LogP contribution in [0.1, 0.15) is 30.9 Å². The topological polar surface area (TPSA) is 57.5 Å². The fourth-order valence-electron chi connectivity index (χ4n) is 3.83. The molecule has 6 nitrogen and oxygen atoms in total. The average Bonchev–Trinajstić information content (AvgIpc) is 3.41. The fourth-order valence-corrected chi connectivity index (χ4v) is 4.10. The van der Waals surface area contributed by atoms with Gasteiger partial charge in [0, 0.05) is 24.2 Å². The first-order chi connectivity index (χ1) is 15.2. The van der Waals surface area contributed by atoms with E-state index in [9.17, 15) is 22.0 Å². The zero-order chi connectivity index (χ0) is 22.6. The molecule has 2 fully saturated rings. The number of benzene rings is 1. The molecule has 1 saturated heterocycles. The number of rotatable bonds is 4. The molecule has 1 aromatic carbocycles. The largest absolute Gasteiger partial charge is 0.360 e. The van der Waals surface area contributed by atoms with Gasteiger partial charge >= 0.3 is 0 Å². The van der Waals surface area contributed by atoms with Crippen LogP contribution in [-0.2, 0) is 0 Å². The van der Waals surface area contributed by atoms with Gasteiger partial charge in [0.2, 0.25) is 0 Å². The summed E-state index contributed by atoms with van der Waals surface area (Å²) in [6.07, 6.45) is 2.57. The normalized spacial score (nSPS) is 20.0. The predicted molar refractivity (Wildman–Crippen MR) is 111 cm³/mol. The summed E-state index contributed by atoms with van der Waals surface area (Å²) in [5.41, 5.74) is -0.283. The Labute approximate surface area is 184 Å². The molecule has 12 heteroatoms. The molecule has 0 spiro atoms. The molecule has 1 atom stereocenters. The third-order valence-electron chi connectivity index (χ3n) is 5.46. The molecule has 32 heavy (non-hydrogen) atoms. The summed E-state index contributed by atoms with van der Waals surface area (Å²) in [6.45, 7) is -0.752. The van der Waals surface area contributed by atoms with Gasteiger partial charge < -0.3 is 15.5 Å². The number of hydrogen-bond acceptors (Lipinski definition) is 4. The van der Waals surface area contributed by atoms with Crippen molar-refractivity contribution in [1.29, 1.82) is 0 Å². The second-order valence-electron chi connectivity index (χ2n) is 7.96. The van der Waals surface area contributed by atoms with Gasteiger partial charge in [0.15, 0.2) is 10.8 Å². The first-order valence-corrected chi connectivity index (χ1v) is 10.3. The van der Waals surface area contributed by atoms with Crippen LogP contribution in [0.25, 0.3) is 5.65 Å². The number of nitrogens with one attached hydrogen (secondary N) is 2. The van der Waals surface area contributed by atoms with Gasteiger partial charge in [-0.3, -0.25) is 0 Å². The minimum atomic E-state index is -3.15. The van der Waals surface area contributed by atoms with Gasteiger partial charge in [-0.25, -0.2) is 27.1 Å². The number of hydrogen-bond donors (Lipinski definition) is 2. The second-order valence-corrected chi connectivity index (χ2v) is 8.37. The van der Waals surface area contributed by atoms with Crippen molar-refractivity contribution in [2.45, 2.75) is 37.3 Å². The van der Waals surface area contributed by atoms with E-state index in [1.807, 2.05) is 0 Å². The Balaban J connectivity index is 1.52. The lowest BCUT2D eigenvalue weighted by atomic mass is 10.0. The third kappa shape index (κ3) is 3.94. The highest BCUT2D eigenvalue weighted by Gasteiger charge is 2.47. The van der Waals surface area contributed by atoms with Crippen LogP contribution in [0.2, 0.25) is 0 Å². The maximum Gasteiger partial charge on any atom is 0.267 e. The molecule has 2 N–H and O–H groups in total. The van der Waals surface area contributed by atoms with Crippen molar-refractivity contribution in [2.75, 3.05) is 16.8 Å². The molecule has 1 unspecified atom stereocenters. The van der Waals surface area contributed by atoms with Crippen LogP contribution >= 0.6 is 12.2 Å². The summed E-state index contributed by atoms with van der Waals surface area (Å²) >= 11 is 5.18. The van der Waals surface area contributed by atoms with Crippen molar-refractivity contribution >= 4 is 34.5 Å². The fraction of sp³-hybridized carbons (Fsp3) is 0.350. The smallest absolute Gasteiger partial charge is 0.267 e. The van der Waals surface area contributed by atoms with E-state index in [0.717, 1.165) is 35.6 Å². The Morgan fingerprint density at radius 1 is 1.16 bits per heavy atom. The third-order valence-corrected chi connectivity index (χ3v) is 5.68. The number of fused-ring (bicyclic) bond motifs is 1. The molecular formula is C20H17F5N6S. The lowest BCUT2D eigenvalue weighted by Gasteiger charge is -2.25. The lowest BCUT2D eigenvalue weighted by molar-refractivity contribution is 0.0221. The van der Waals surface area contributed by atoms with Gasteiger partial charge in [-0.05, 0) is 49.3 Å². The zero-order valence-electron chi connectivity index (χ0n) is 16.5. The van der Waals surface area contributed by atoms with Gasteiger partial charge in [-0.2, -0.15) is 4.39 Å². The van der Waals surface area contributed by atoms with E-state index in [1.54, 1.807) is 0 Å². The Hall–Kier alpha value is -3.02. The van der Waals surface area contributed by atoms with Crippen LogP contribution < -0.4 is 15.5 Å². The van der Waals surface area contributed by atoms with Crippen molar-refractivity contribution < 1.29 is 22.0 Å². The molecule has 3 aromatic rings. The molecule has 0 radical (unpaired) electrons. The monoisotopic (exact) mass is 468 g/mol. The molecule has 168 valence electrons. The molecule has 1 aliphatic heterocycles. The first kappa shape index (κ1) is 20.9. The number of halogens is 5. The molecule has 1 aliphatic carbocycles. The van der Waals surface area contributed by atoms with Crippen molar-refractivity contribution in [1.82, 2.24) is 19.9 Å². The van der Waals surface area contributed by atoms with Gasteiger partial charge in [0.05, 0.1) is 12.6 Å². The molecule has 0 amide bonds. The summed E-state index contributed by atoms with van der Waals surface area (Å²) in [7, 11) is 0. The van der Waals surface area contributed by atoms with Crippen LogP contribution in [-0.4, -0.2) is 38.2 Å². The van der Waals surface area contributed by atoms with Crippen molar-refractivity contribution in [3.63, 3.8) is 0 Å². The summed E-state index contributed by atoms with van der Waals surface area (Å²) < 4.78 is 72.4. The Bertz CT molecular complexity index is 1210. The zero-order valence-corrected chi connectivity index (χ0v) is 17.3. The summed E-state index contributed by atoms with van der Waals surface area (Å²) in [6, 6.07) is 3.18.